The SMILES string of the molecule is CCCCC1CCC(c2ccc(-c3ccc(C(=O)OCC(OC(=O)c4ccc(-c5ccc(C6CCC(CCCC)CC6)cc5)cc4)C4CCCCC4)cc3)cc2)CC1. The van der Waals surface area contributed by atoms with Gasteiger partial charge in [0, 0.05) is 0 Å². The molecule has 4 nitrogen and oxygen atoms in total. The largest absolute Gasteiger partial charge is 0.458 e. The number of benzene rings is 4. The summed E-state index contributed by atoms with van der Waals surface area (Å²) < 4.78 is 12.0. The fraction of sp³-hybridized carbons (Fsp3) is 0.519. The second-order valence-electron chi connectivity index (χ2n) is 18.1. The second-order valence-corrected chi connectivity index (χ2v) is 18.1. The number of rotatable bonds is 16. The lowest BCUT2D eigenvalue weighted by Gasteiger charge is -2.29. The zero-order valence-electron chi connectivity index (χ0n) is 35.5. The molecule has 308 valence electrons. The van der Waals surface area contributed by atoms with Crippen molar-refractivity contribution in [1.29, 1.82) is 0 Å². The van der Waals surface area contributed by atoms with Crippen LogP contribution in [0.4, 0.5) is 0 Å². The molecule has 3 saturated carbocycles. The van der Waals surface area contributed by atoms with E-state index in [1.807, 2.05) is 48.5 Å². The third kappa shape index (κ3) is 11.3. The number of ether oxygens (including phenoxy) is 2. The van der Waals surface area contributed by atoms with Gasteiger partial charge in [-0.15, -0.1) is 0 Å². The highest BCUT2D eigenvalue weighted by Gasteiger charge is 2.29. The van der Waals surface area contributed by atoms with Crippen molar-refractivity contribution in [3.05, 3.63) is 119 Å². The number of hydrogen-bond acceptors (Lipinski definition) is 4. The summed E-state index contributed by atoms with van der Waals surface area (Å²) in [4.78, 5) is 26.8. The van der Waals surface area contributed by atoms with E-state index in [0.29, 0.717) is 23.0 Å². The van der Waals surface area contributed by atoms with Gasteiger partial charge in [0.15, 0.2) is 0 Å². The van der Waals surface area contributed by atoms with Gasteiger partial charge in [-0.2, -0.15) is 0 Å². The van der Waals surface area contributed by atoms with E-state index in [-0.39, 0.29) is 24.5 Å². The summed E-state index contributed by atoms with van der Waals surface area (Å²) in [5.74, 6) is 2.60. The van der Waals surface area contributed by atoms with Crippen LogP contribution in [0, 0.1) is 17.8 Å². The fourth-order valence-corrected chi connectivity index (χ4v) is 10.3. The van der Waals surface area contributed by atoms with Crippen LogP contribution < -0.4 is 0 Å². The average Bonchev–Trinajstić information content (AvgIpc) is 3.29. The lowest BCUT2D eigenvalue weighted by atomic mass is 9.77. The molecule has 4 heteroatoms. The molecule has 0 N–H and O–H groups in total. The number of carbonyl (C=O) groups excluding carboxylic acids is 2. The molecule has 0 saturated heterocycles. The Labute approximate surface area is 349 Å². The summed E-state index contributed by atoms with van der Waals surface area (Å²) in [6.07, 6.45) is 23.6. The van der Waals surface area contributed by atoms with E-state index in [4.69, 9.17) is 9.47 Å². The minimum Gasteiger partial charge on any atom is -0.458 e. The van der Waals surface area contributed by atoms with Crippen LogP contribution in [0.3, 0.4) is 0 Å². The first-order chi connectivity index (χ1) is 28.5. The zero-order valence-corrected chi connectivity index (χ0v) is 35.5. The van der Waals surface area contributed by atoms with Gasteiger partial charge in [-0.05, 0) is 151 Å². The maximum atomic E-state index is 13.5. The molecular weight excluding hydrogens is 713 g/mol. The molecule has 0 heterocycles. The Morgan fingerprint density at radius 1 is 0.500 bits per heavy atom. The van der Waals surface area contributed by atoms with E-state index >= 15 is 0 Å². The topological polar surface area (TPSA) is 52.6 Å². The first-order valence-electron chi connectivity index (χ1n) is 23.3. The predicted octanol–water partition coefficient (Wildman–Crippen LogP) is 14.9. The summed E-state index contributed by atoms with van der Waals surface area (Å²) in [6.45, 7) is 4.64. The Bertz CT molecular complexity index is 1840. The molecule has 0 aliphatic heterocycles. The fourth-order valence-electron chi connectivity index (χ4n) is 10.3. The normalized spacial score (nSPS) is 21.9. The summed E-state index contributed by atoms with van der Waals surface area (Å²) in [5, 5.41) is 0. The van der Waals surface area contributed by atoms with Gasteiger partial charge in [0.05, 0.1) is 11.1 Å². The Balaban J connectivity index is 0.910. The quantitative estimate of drug-likeness (QED) is 0.106. The molecule has 4 aromatic carbocycles. The van der Waals surface area contributed by atoms with Gasteiger partial charge >= 0.3 is 11.9 Å². The van der Waals surface area contributed by atoms with Gasteiger partial charge in [-0.3, -0.25) is 0 Å². The molecule has 3 aliphatic carbocycles. The molecule has 58 heavy (non-hydrogen) atoms. The molecule has 7 rings (SSSR count). The molecule has 0 bridgehead atoms. The van der Waals surface area contributed by atoms with Crippen molar-refractivity contribution in [1.82, 2.24) is 0 Å². The van der Waals surface area contributed by atoms with Crippen molar-refractivity contribution < 1.29 is 19.1 Å². The van der Waals surface area contributed by atoms with Crippen LogP contribution in [0.15, 0.2) is 97.1 Å². The molecular formula is C54H68O4. The summed E-state index contributed by atoms with van der Waals surface area (Å²) in [7, 11) is 0. The van der Waals surface area contributed by atoms with Crippen LogP contribution >= 0.6 is 0 Å². The lowest BCUT2D eigenvalue weighted by Crippen LogP contribution is -2.33. The Kier molecular flexibility index (Phi) is 15.3. The van der Waals surface area contributed by atoms with Gasteiger partial charge in [0.2, 0.25) is 0 Å². The third-order valence-corrected chi connectivity index (χ3v) is 14.1. The van der Waals surface area contributed by atoms with Crippen molar-refractivity contribution in [2.45, 2.75) is 154 Å². The highest BCUT2D eigenvalue weighted by Crippen LogP contribution is 2.40. The number of carbonyl (C=O) groups is 2. The van der Waals surface area contributed by atoms with E-state index in [0.717, 1.165) is 59.8 Å². The summed E-state index contributed by atoms with van der Waals surface area (Å²) >= 11 is 0. The average molecular weight is 781 g/mol. The van der Waals surface area contributed by atoms with Crippen molar-refractivity contribution >= 4 is 11.9 Å². The standard InChI is InChI=1S/C54H68O4/c1-3-5-10-39-14-18-41(19-15-39)43-22-26-45(27-23-43)47-30-34-50(35-31-47)53(55)57-38-52(49-12-8-7-9-13-49)58-54(56)51-36-32-48(33-37-51)46-28-24-44(25-29-46)42-20-16-40(17-21-42)11-6-4-2/h22-37,39-42,49,52H,3-21,38H2,1-2H3. The van der Waals surface area contributed by atoms with E-state index in [2.05, 4.69) is 62.4 Å². The van der Waals surface area contributed by atoms with Crippen LogP contribution in [-0.4, -0.2) is 24.6 Å². The molecule has 1 unspecified atom stereocenters. The minimum absolute atomic E-state index is 0.0593. The number of hydrogen-bond donors (Lipinski definition) is 0. The van der Waals surface area contributed by atoms with Gasteiger partial charge < -0.3 is 9.47 Å². The Hall–Kier alpha value is -4.18. The Morgan fingerprint density at radius 3 is 1.31 bits per heavy atom. The molecule has 3 aliphatic rings. The second kappa shape index (κ2) is 21.2. The lowest BCUT2D eigenvalue weighted by molar-refractivity contribution is -0.0247. The van der Waals surface area contributed by atoms with Crippen LogP contribution in [0.2, 0.25) is 0 Å². The summed E-state index contributed by atoms with van der Waals surface area (Å²) in [5.41, 5.74) is 8.41. The van der Waals surface area contributed by atoms with Crippen molar-refractivity contribution in [3.63, 3.8) is 0 Å². The minimum atomic E-state index is -0.477. The molecule has 3 fully saturated rings. The third-order valence-electron chi connectivity index (χ3n) is 14.1. The van der Waals surface area contributed by atoms with Crippen molar-refractivity contribution in [3.8, 4) is 22.3 Å². The van der Waals surface area contributed by atoms with E-state index in [1.54, 1.807) is 0 Å². The number of unbranched alkanes of at least 4 members (excludes halogenated alkanes) is 2. The first-order valence-corrected chi connectivity index (χ1v) is 23.3. The van der Waals surface area contributed by atoms with Crippen LogP contribution in [0.25, 0.3) is 22.3 Å². The molecule has 0 amide bonds. The Morgan fingerprint density at radius 2 is 0.897 bits per heavy atom. The molecule has 0 aromatic heterocycles. The molecule has 4 aromatic rings. The van der Waals surface area contributed by atoms with Crippen molar-refractivity contribution in [2.75, 3.05) is 6.61 Å². The molecule has 0 spiro atoms. The maximum absolute atomic E-state index is 13.5. The van der Waals surface area contributed by atoms with Crippen molar-refractivity contribution in [2.24, 2.45) is 17.8 Å². The smallest absolute Gasteiger partial charge is 0.338 e. The number of esters is 2. The van der Waals surface area contributed by atoms with E-state index < -0.39 is 6.10 Å². The van der Waals surface area contributed by atoms with Gasteiger partial charge in [0.25, 0.3) is 0 Å². The molecule has 1 atom stereocenters. The monoisotopic (exact) mass is 781 g/mol. The van der Waals surface area contributed by atoms with E-state index in [9.17, 15) is 9.59 Å². The summed E-state index contributed by atoms with van der Waals surface area (Å²) in [6, 6.07) is 33.5. The first kappa shape index (κ1) is 42.0. The van der Waals surface area contributed by atoms with Gasteiger partial charge in [-0.25, -0.2) is 9.59 Å². The van der Waals surface area contributed by atoms with Crippen LogP contribution in [0.5, 0.6) is 0 Å². The van der Waals surface area contributed by atoms with Gasteiger partial charge in [0.1, 0.15) is 12.7 Å². The highest BCUT2D eigenvalue weighted by atomic mass is 16.6. The molecule has 0 radical (unpaired) electrons. The maximum Gasteiger partial charge on any atom is 0.338 e. The zero-order chi connectivity index (χ0) is 40.1. The van der Waals surface area contributed by atoms with E-state index in [1.165, 1.54) is 107 Å². The van der Waals surface area contributed by atoms with Crippen LogP contribution in [0.1, 0.15) is 180 Å². The predicted molar refractivity (Wildman–Crippen MR) is 238 cm³/mol. The highest BCUT2D eigenvalue weighted by molar-refractivity contribution is 5.91. The van der Waals surface area contributed by atoms with Gasteiger partial charge in [-0.1, -0.05) is 144 Å². The van der Waals surface area contributed by atoms with Crippen LogP contribution in [-0.2, 0) is 9.47 Å².